The number of nitrogens with zero attached hydrogens (tertiary/aromatic N) is 1. The Kier molecular flexibility index (Phi) is 5.49. The van der Waals surface area contributed by atoms with Crippen LogP contribution in [0.2, 0.25) is 0 Å². The third-order valence-electron chi connectivity index (χ3n) is 4.32. The van der Waals surface area contributed by atoms with Gasteiger partial charge in [0.05, 0.1) is 12.7 Å². The lowest BCUT2D eigenvalue weighted by atomic mass is 9.93. The molecule has 3 N–H and O–H groups in total. The number of thioether (sulfide) groups is 1. The Morgan fingerprint density at radius 1 is 1.35 bits per heavy atom. The van der Waals surface area contributed by atoms with Crippen molar-refractivity contribution in [1.29, 1.82) is 0 Å². The molecule has 6 nitrogen and oxygen atoms in total. The Bertz CT molecular complexity index is 902. The molecule has 1 unspecified atom stereocenters. The maximum absolute atomic E-state index is 12.0. The molecule has 1 heterocycles. The van der Waals surface area contributed by atoms with Crippen molar-refractivity contribution in [3.05, 3.63) is 58.9 Å². The Labute approximate surface area is 155 Å². The fraction of sp³-hybridized carbons (Fsp3) is 0.263. The highest BCUT2D eigenvalue weighted by Crippen LogP contribution is 2.36. The van der Waals surface area contributed by atoms with Crippen molar-refractivity contribution in [2.45, 2.75) is 19.4 Å². The smallest absolute Gasteiger partial charge is 0.367 e. The average Bonchev–Trinajstić information content (AvgIpc) is 2.65. The van der Waals surface area contributed by atoms with Crippen LogP contribution < -0.4 is 5.73 Å². The minimum atomic E-state index is -0.757. The third kappa shape index (κ3) is 3.68. The fourth-order valence-corrected chi connectivity index (χ4v) is 3.12. The van der Waals surface area contributed by atoms with Gasteiger partial charge in [0.2, 0.25) is 0 Å². The summed E-state index contributed by atoms with van der Waals surface area (Å²) in [5.74, 6) is -0.804. The van der Waals surface area contributed by atoms with Gasteiger partial charge in [0.1, 0.15) is 11.3 Å². The number of aliphatic hydroxyl groups is 1. The van der Waals surface area contributed by atoms with E-state index in [0.29, 0.717) is 0 Å². The maximum atomic E-state index is 12.0. The van der Waals surface area contributed by atoms with Gasteiger partial charge in [0.15, 0.2) is 5.17 Å². The predicted molar refractivity (Wildman–Crippen MR) is 103 cm³/mol. The third-order valence-corrected chi connectivity index (χ3v) is 4.81. The highest BCUT2D eigenvalue weighted by atomic mass is 32.2. The average molecular weight is 372 g/mol. The van der Waals surface area contributed by atoms with Gasteiger partial charge >= 0.3 is 5.97 Å². The first kappa shape index (κ1) is 18.3. The topological polar surface area (TPSA) is 94.1 Å². The number of ether oxygens (including phenoxy) is 1. The number of hydrogen-bond acceptors (Lipinski definition) is 6. The van der Waals surface area contributed by atoms with Crippen molar-refractivity contribution in [2.24, 2.45) is 10.9 Å². The second-order valence-electron chi connectivity index (χ2n) is 5.96. The minimum Gasteiger partial charge on any atom is -0.512 e. The maximum Gasteiger partial charge on any atom is 0.367 e. The molecule has 2 aromatic carbocycles. The van der Waals surface area contributed by atoms with Crippen LogP contribution in [0.3, 0.4) is 0 Å². The summed E-state index contributed by atoms with van der Waals surface area (Å²) in [4.78, 5) is 16.8. The molecule has 0 radical (unpaired) electrons. The summed E-state index contributed by atoms with van der Waals surface area (Å²) in [7, 11) is 0. The number of fused-ring (bicyclic) bond motifs is 1. The number of nitrogens with two attached hydrogens (primary N) is 1. The lowest BCUT2D eigenvalue weighted by Crippen LogP contribution is -2.22. The van der Waals surface area contributed by atoms with Crippen LogP contribution in [-0.4, -0.2) is 29.1 Å². The van der Waals surface area contributed by atoms with Gasteiger partial charge in [-0.3, -0.25) is 0 Å². The Morgan fingerprint density at radius 2 is 2.08 bits per heavy atom. The SMILES string of the molecule is CS/C(N)=N\OC(=O)C1=C(O)CC(c2cccc3cccc(C)c23)OC1. The van der Waals surface area contributed by atoms with Crippen LogP contribution in [0.15, 0.2) is 52.9 Å². The molecule has 7 heteroatoms. The van der Waals surface area contributed by atoms with E-state index in [4.69, 9.17) is 15.3 Å². The molecule has 0 amide bonds. The molecule has 2 aromatic rings. The van der Waals surface area contributed by atoms with Crippen molar-refractivity contribution in [3.8, 4) is 0 Å². The Balaban J connectivity index is 1.85. The molecule has 0 spiro atoms. The molecule has 136 valence electrons. The van der Waals surface area contributed by atoms with Crippen molar-refractivity contribution >= 4 is 33.7 Å². The van der Waals surface area contributed by atoms with E-state index >= 15 is 0 Å². The standard InChI is InChI=1S/C19H20N2O4S/c1-11-5-3-6-12-7-4-8-13(17(11)12)16-9-15(22)14(10-24-16)18(23)25-21-19(20)26-2/h3-8,16,22H,9-10H2,1-2H3,(H2,20,21). The summed E-state index contributed by atoms with van der Waals surface area (Å²) in [5, 5.41) is 16.2. The largest absolute Gasteiger partial charge is 0.512 e. The van der Waals surface area contributed by atoms with Gasteiger partial charge in [-0.05, 0) is 35.1 Å². The van der Waals surface area contributed by atoms with Gasteiger partial charge < -0.3 is 20.4 Å². The number of benzene rings is 2. The zero-order chi connectivity index (χ0) is 18.7. The lowest BCUT2D eigenvalue weighted by molar-refractivity contribution is -0.140. The van der Waals surface area contributed by atoms with E-state index in [2.05, 4.69) is 5.16 Å². The first-order chi connectivity index (χ1) is 12.5. The number of amidine groups is 1. The van der Waals surface area contributed by atoms with Crippen LogP contribution in [0.5, 0.6) is 0 Å². The summed E-state index contributed by atoms with van der Waals surface area (Å²) in [6.45, 7) is 1.99. The van der Waals surface area contributed by atoms with Crippen LogP contribution in [0, 0.1) is 6.92 Å². The minimum absolute atomic E-state index is 0.0465. The molecule has 26 heavy (non-hydrogen) atoms. The molecule has 1 aliphatic rings. The van der Waals surface area contributed by atoms with E-state index in [1.165, 1.54) is 0 Å². The molecule has 1 atom stereocenters. The molecule has 0 aromatic heterocycles. The number of rotatable bonds is 3. The normalized spacial score (nSPS) is 18.2. The molecule has 0 saturated carbocycles. The second-order valence-corrected chi connectivity index (χ2v) is 6.79. The van der Waals surface area contributed by atoms with Gasteiger partial charge in [0, 0.05) is 6.42 Å². The van der Waals surface area contributed by atoms with Gasteiger partial charge in [0.25, 0.3) is 0 Å². The number of oxime groups is 1. The Morgan fingerprint density at radius 3 is 2.77 bits per heavy atom. The van der Waals surface area contributed by atoms with E-state index in [1.807, 2.05) is 43.3 Å². The first-order valence-electron chi connectivity index (χ1n) is 8.11. The molecule has 0 saturated heterocycles. The van der Waals surface area contributed by atoms with Crippen molar-refractivity contribution in [1.82, 2.24) is 0 Å². The van der Waals surface area contributed by atoms with E-state index in [1.54, 1.807) is 6.26 Å². The van der Waals surface area contributed by atoms with Crippen LogP contribution in [0.25, 0.3) is 10.8 Å². The summed E-state index contributed by atoms with van der Waals surface area (Å²) >= 11 is 1.16. The number of carbonyl (C=O) groups is 1. The second kappa shape index (κ2) is 7.80. The molecule has 0 bridgehead atoms. The number of aliphatic hydroxyl groups excluding tert-OH is 1. The van der Waals surface area contributed by atoms with Gasteiger partial charge in [-0.1, -0.05) is 53.3 Å². The van der Waals surface area contributed by atoms with Crippen LogP contribution in [0.4, 0.5) is 0 Å². The van der Waals surface area contributed by atoms with Crippen molar-refractivity contribution in [2.75, 3.05) is 12.9 Å². The molecular formula is C19H20N2O4S. The fourth-order valence-electron chi connectivity index (χ4n) is 3.01. The van der Waals surface area contributed by atoms with Gasteiger partial charge in [-0.2, -0.15) is 0 Å². The summed E-state index contributed by atoms with van der Waals surface area (Å²) in [5.41, 5.74) is 7.67. The summed E-state index contributed by atoms with van der Waals surface area (Å²) in [6.07, 6.45) is 1.57. The highest BCUT2D eigenvalue weighted by Gasteiger charge is 2.29. The Hall–Kier alpha value is -2.51. The van der Waals surface area contributed by atoms with E-state index in [-0.39, 0.29) is 35.6 Å². The number of aryl methyl sites for hydroxylation is 1. The molecule has 1 aliphatic heterocycles. The van der Waals surface area contributed by atoms with Gasteiger partial charge in [-0.15, -0.1) is 0 Å². The molecular weight excluding hydrogens is 352 g/mol. The summed E-state index contributed by atoms with van der Waals surface area (Å²) in [6, 6.07) is 12.1. The van der Waals surface area contributed by atoms with Crippen molar-refractivity contribution < 1.29 is 19.5 Å². The molecule has 0 fully saturated rings. The molecule has 0 aliphatic carbocycles. The molecule has 3 rings (SSSR count). The zero-order valence-corrected chi connectivity index (χ0v) is 15.4. The quantitative estimate of drug-likeness (QED) is 0.370. The number of hydrogen-bond donors (Lipinski definition) is 2. The number of carbonyl (C=O) groups excluding carboxylic acids is 1. The van der Waals surface area contributed by atoms with E-state index in [9.17, 15) is 9.90 Å². The van der Waals surface area contributed by atoms with Crippen LogP contribution >= 0.6 is 11.8 Å². The zero-order valence-electron chi connectivity index (χ0n) is 14.6. The highest BCUT2D eigenvalue weighted by molar-refractivity contribution is 8.13. The monoisotopic (exact) mass is 372 g/mol. The first-order valence-corrected chi connectivity index (χ1v) is 9.33. The van der Waals surface area contributed by atoms with Crippen LogP contribution in [0.1, 0.15) is 23.7 Å². The lowest BCUT2D eigenvalue weighted by Gasteiger charge is -2.25. The van der Waals surface area contributed by atoms with Gasteiger partial charge in [-0.25, -0.2) is 4.79 Å². The summed E-state index contributed by atoms with van der Waals surface area (Å²) < 4.78 is 5.86. The predicted octanol–water partition coefficient (Wildman–Crippen LogP) is 3.56. The van der Waals surface area contributed by atoms with E-state index < -0.39 is 5.97 Å². The van der Waals surface area contributed by atoms with Crippen molar-refractivity contribution in [3.63, 3.8) is 0 Å². The van der Waals surface area contributed by atoms with Crippen LogP contribution in [-0.2, 0) is 14.4 Å². The van der Waals surface area contributed by atoms with E-state index in [0.717, 1.165) is 33.7 Å².